The lowest BCUT2D eigenvalue weighted by atomic mass is 10.2. The summed E-state index contributed by atoms with van der Waals surface area (Å²) in [6, 6.07) is 11.8. The van der Waals surface area contributed by atoms with Crippen LogP contribution in [0.25, 0.3) is 0 Å². The Kier molecular flexibility index (Phi) is 6.55. The second kappa shape index (κ2) is 9.07. The summed E-state index contributed by atoms with van der Waals surface area (Å²) in [5.41, 5.74) is 3.26. The Balaban J connectivity index is 1.94. The van der Waals surface area contributed by atoms with Gasteiger partial charge in [0.2, 0.25) is 0 Å². The molecule has 0 bridgehead atoms. The van der Waals surface area contributed by atoms with Crippen molar-refractivity contribution in [3.8, 4) is 17.2 Å². The lowest BCUT2D eigenvalue weighted by molar-refractivity contribution is -0.136. The number of methoxy groups -OCH3 is 3. The van der Waals surface area contributed by atoms with Gasteiger partial charge in [-0.2, -0.15) is 5.10 Å². The minimum absolute atomic E-state index is 0.438. The summed E-state index contributed by atoms with van der Waals surface area (Å²) < 4.78 is 15.4. The van der Waals surface area contributed by atoms with Gasteiger partial charge < -0.3 is 19.5 Å². The van der Waals surface area contributed by atoms with Crippen LogP contribution < -0.4 is 25.0 Å². The second-order valence-electron chi connectivity index (χ2n) is 5.00. The predicted molar refractivity (Wildman–Crippen MR) is 96.9 cm³/mol. The van der Waals surface area contributed by atoms with Crippen molar-refractivity contribution in [2.45, 2.75) is 0 Å². The van der Waals surface area contributed by atoms with Crippen molar-refractivity contribution in [1.82, 2.24) is 5.43 Å². The molecule has 0 radical (unpaired) electrons. The molecule has 2 aromatic carbocycles. The van der Waals surface area contributed by atoms with Gasteiger partial charge >= 0.3 is 11.8 Å². The summed E-state index contributed by atoms with van der Waals surface area (Å²) in [5, 5.41) is 6.22. The molecule has 8 heteroatoms. The molecule has 2 rings (SSSR count). The van der Waals surface area contributed by atoms with E-state index in [1.807, 2.05) is 0 Å². The van der Waals surface area contributed by atoms with Crippen LogP contribution in [0.1, 0.15) is 5.56 Å². The Labute approximate surface area is 150 Å². The van der Waals surface area contributed by atoms with Crippen LogP contribution in [0.2, 0.25) is 0 Å². The number of carbonyl (C=O) groups excluding carboxylic acids is 2. The van der Waals surface area contributed by atoms with Gasteiger partial charge in [0.15, 0.2) is 11.5 Å². The van der Waals surface area contributed by atoms with Gasteiger partial charge in [-0.1, -0.05) is 6.07 Å². The van der Waals surface area contributed by atoms with Gasteiger partial charge in [0.1, 0.15) is 5.75 Å². The quantitative estimate of drug-likeness (QED) is 0.467. The molecule has 0 atom stereocenters. The number of anilines is 1. The molecule has 0 heterocycles. The van der Waals surface area contributed by atoms with Gasteiger partial charge in [0, 0.05) is 11.8 Å². The second-order valence-corrected chi connectivity index (χ2v) is 5.00. The smallest absolute Gasteiger partial charge is 0.329 e. The molecule has 2 aromatic rings. The van der Waals surface area contributed by atoms with Gasteiger partial charge in [0.05, 0.1) is 27.5 Å². The van der Waals surface area contributed by atoms with E-state index in [4.69, 9.17) is 14.2 Å². The number of benzene rings is 2. The molecule has 0 aliphatic rings. The SMILES string of the molecule is COc1cccc(NC(=O)C(=O)N/N=C/c2ccc(OC)c(OC)c2)c1. The van der Waals surface area contributed by atoms with Crippen LogP contribution in [-0.2, 0) is 9.59 Å². The first-order valence-corrected chi connectivity index (χ1v) is 7.58. The number of ether oxygens (including phenoxy) is 3. The van der Waals surface area contributed by atoms with Crippen molar-refractivity contribution >= 4 is 23.7 Å². The van der Waals surface area contributed by atoms with Crippen molar-refractivity contribution in [2.24, 2.45) is 5.10 Å². The molecule has 0 fully saturated rings. The molecule has 8 nitrogen and oxygen atoms in total. The van der Waals surface area contributed by atoms with Crippen molar-refractivity contribution in [3.63, 3.8) is 0 Å². The van der Waals surface area contributed by atoms with E-state index >= 15 is 0 Å². The van der Waals surface area contributed by atoms with Gasteiger partial charge in [-0.25, -0.2) is 5.43 Å². The number of hydrogen-bond donors (Lipinski definition) is 2. The number of carbonyl (C=O) groups is 2. The summed E-state index contributed by atoms with van der Waals surface area (Å²) in [6.07, 6.45) is 1.39. The van der Waals surface area contributed by atoms with Crippen LogP contribution in [-0.4, -0.2) is 39.4 Å². The van der Waals surface area contributed by atoms with Crippen LogP contribution in [0.3, 0.4) is 0 Å². The molecule has 0 aliphatic heterocycles. The molecule has 2 amide bonds. The molecule has 26 heavy (non-hydrogen) atoms. The van der Waals surface area contributed by atoms with Gasteiger partial charge in [-0.15, -0.1) is 0 Å². The van der Waals surface area contributed by atoms with E-state index in [1.54, 1.807) is 42.5 Å². The Morgan fingerprint density at radius 3 is 2.38 bits per heavy atom. The standard InChI is InChI=1S/C18H19N3O5/c1-24-14-6-4-5-13(10-14)20-17(22)18(23)21-19-11-12-7-8-15(25-2)16(9-12)26-3/h4-11H,1-3H3,(H,20,22)(H,21,23)/b19-11+. The lowest BCUT2D eigenvalue weighted by Gasteiger charge is -2.07. The van der Waals surface area contributed by atoms with Gasteiger partial charge in [0.25, 0.3) is 0 Å². The Morgan fingerprint density at radius 1 is 0.923 bits per heavy atom. The summed E-state index contributed by atoms with van der Waals surface area (Å²) >= 11 is 0. The average Bonchev–Trinajstić information content (AvgIpc) is 2.67. The van der Waals surface area contributed by atoms with Crippen LogP contribution >= 0.6 is 0 Å². The van der Waals surface area contributed by atoms with E-state index in [9.17, 15) is 9.59 Å². The first kappa shape index (κ1) is 18.8. The molecule has 0 saturated heterocycles. The zero-order valence-electron chi connectivity index (χ0n) is 14.6. The summed E-state index contributed by atoms with van der Waals surface area (Å²) in [4.78, 5) is 23.7. The van der Waals surface area contributed by atoms with Crippen LogP contribution in [0, 0.1) is 0 Å². The van der Waals surface area contributed by atoms with E-state index in [1.165, 1.54) is 27.5 Å². The maximum atomic E-state index is 11.9. The maximum Gasteiger partial charge on any atom is 0.329 e. The molecule has 136 valence electrons. The topological polar surface area (TPSA) is 98.2 Å². The highest BCUT2D eigenvalue weighted by molar-refractivity contribution is 6.39. The van der Waals surface area contributed by atoms with E-state index in [0.29, 0.717) is 28.5 Å². The number of rotatable bonds is 6. The lowest BCUT2D eigenvalue weighted by Crippen LogP contribution is -2.32. The highest BCUT2D eigenvalue weighted by atomic mass is 16.5. The summed E-state index contributed by atoms with van der Waals surface area (Å²) in [5.74, 6) is -0.0770. The molecule has 0 spiro atoms. The predicted octanol–water partition coefficient (Wildman–Crippen LogP) is 1.80. The van der Waals surface area contributed by atoms with Crippen molar-refractivity contribution in [3.05, 3.63) is 48.0 Å². The first-order valence-electron chi connectivity index (χ1n) is 7.58. The largest absolute Gasteiger partial charge is 0.497 e. The highest BCUT2D eigenvalue weighted by Gasteiger charge is 2.13. The number of hydrogen-bond acceptors (Lipinski definition) is 6. The third-order valence-corrected chi connectivity index (χ3v) is 3.32. The summed E-state index contributed by atoms with van der Waals surface area (Å²) in [7, 11) is 4.56. The molecule has 0 aromatic heterocycles. The fourth-order valence-corrected chi connectivity index (χ4v) is 2.04. The number of nitrogens with one attached hydrogen (secondary N) is 2. The van der Waals surface area contributed by atoms with Crippen LogP contribution in [0.5, 0.6) is 17.2 Å². The van der Waals surface area contributed by atoms with E-state index in [0.717, 1.165) is 0 Å². The Hall–Kier alpha value is -3.55. The van der Waals surface area contributed by atoms with Crippen molar-refractivity contribution in [1.29, 1.82) is 0 Å². The highest BCUT2D eigenvalue weighted by Crippen LogP contribution is 2.26. The van der Waals surface area contributed by atoms with Gasteiger partial charge in [-0.3, -0.25) is 9.59 Å². The van der Waals surface area contributed by atoms with Crippen molar-refractivity contribution < 1.29 is 23.8 Å². The minimum atomic E-state index is -0.899. The molecular weight excluding hydrogens is 338 g/mol. The number of hydrazone groups is 1. The third kappa shape index (κ3) is 4.97. The average molecular weight is 357 g/mol. The zero-order chi connectivity index (χ0) is 18.9. The fourth-order valence-electron chi connectivity index (χ4n) is 2.04. The molecule has 0 unspecified atom stereocenters. The van der Waals surface area contributed by atoms with E-state index < -0.39 is 11.8 Å². The number of amides is 2. The normalized spacial score (nSPS) is 10.3. The van der Waals surface area contributed by atoms with Crippen LogP contribution in [0.15, 0.2) is 47.6 Å². The van der Waals surface area contributed by atoms with Crippen LogP contribution in [0.4, 0.5) is 5.69 Å². The molecule has 0 aliphatic carbocycles. The Morgan fingerprint density at radius 2 is 1.69 bits per heavy atom. The molecule has 2 N–H and O–H groups in total. The fraction of sp³-hybridized carbons (Fsp3) is 0.167. The zero-order valence-corrected chi connectivity index (χ0v) is 14.6. The Bertz CT molecular complexity index is 820. The van der Waals surface area contributed by atoms with Crippen molar-refractivity contribution in [2.75, 3.05) is 26.6 Å². The minimum Gasteiger partial charge on any atom is -0.497 e. The summed E-state index contributed by atoms with van der Waals surface area (Å²) in [6.45, 7) is 0. The molecular formula is C18H19N3O5. The van der Waals surface area contributed by atoms with Gasteiger partial charge in [-0.05, 0) is 35.9 Å². The van der Waals surface area contributed by atoms with E-state index in [-0.39, 0.29) is 0 Å². The maximum absolute atomic E-state index is 11.9. The third-order valence-electron chi connectivity index (χ3n) is 3.32. The number of nitrogens with zero attached hydrogens (tertiary/aromatic N) is 1. The van der Waals surface area contributed by atoms with E-state index in [2.05, 4.69) is 15.8 Å². The monoisotopic (exact) mass is 357 g/mol. The first-order chi connectivity index (χ1) is 12.6. The molecule has 0 saturated carbocycles.